The second kappa shape index (κ2) is 11.5. The number of methoxy groups -OCH3 is 1. The fourth-order valence-corrected chi connectivity index (χ4v) is 4.21. The summed E-state index contributed by atoms with van der Waals surface area (Å²) in [4.78, 5) is 34.2. The number of carbonyl (C=O) groups excluding carboxylic acids is 1. The van der Waals surface area contributed by atoms with E-state index in [1.54, 1.807) is 55.7 Å². The number of carbonyl (C=O) groups is 1. The average molecular weight is 518 g/mol. The summed E-state index contributed by atoms with van der Waals surface area (Å²) in [6.07, 6.45) is 3.26. The molecule has 0 aliphatic rings. The lowest BCUT2D eigenvalue weighted by molar-refractivity contribution is -0.140. The number of aromatic hydroxyl groups is 3. The summed E-state index contributed by atoms with van der Waals surface area (Å²) in [7, 11) is 1.26. The molecule has 0 aliphatic heterocycles. The highest BCUT2D eigenvalue weighted by Gasteiger charge is 2.27. The molecule has 0 bridgehead atoms. The molecule has 3 N–H and O–H groups in total. The third-order valence-corrected chi connectivity index (χ3v) is 6.15. The van der Waals surface area contributed by atoms with Crippen molar-refractivity contribution in [2.75, 3.05) is 7.11 Å². The summed E-state index contributed by atoms with van der Waals surface area (Å²) < 4.78 is 12.1. The number of esters is 1. The van der Waals surface area contributed by atoms with Crippen molar-refractivity contribution in [1.29, 1.82) is 0 Å². The predicted octanol–water partition coefficient (Wildman–Crippen LogP) is 3.79. The van der Waals surface area contributed by atoms with Crippen molar-refractivity contribution in [1.82, 2.24) is 14.5 Å². The molecule has 0 radical (unpaired) electrons. The summed E-state index contributed by atoms with van der Waals surface area (Å²) in [5, 5.41) is 30.2. The Morgan fingerprint density at radius 1 is 0.974 bits per heavy atom. The van der Waals surface area contributed by atoms with Crippen LogP contribution < -0.4 is 10.3 Å². The normalized spacial score (nSPS) is 11.6. The van der Waals surface area contributed by atoms with E-state index in [0.29, 0.717) is 29.0 Å². The Morgan fingerprint density at radius 2 is 1.74 bits per heavy atom. The van der Waals surface area contributed by atoms with Crippen LogP contribution in [-0.4, -0.2) is 42.9 Å². The van der Waals surface area contributed by atoms with Gasteiger partial charge in [-0.2, -0.15) is 0 Å². The Labute approximate surface area is 218 Å². The molecule has 2 aromatic heterocycles. The fraction of sp³-hybridized carbons (Fsp3) is 0.214. The highest BCUT2D eigenvalue weighted by atomic mass is 16.5. The van der Waals surface area contributed by atoms with Gasteiger partial charge < -0.3 is 29.4 Å². The molecule has 0 saturated carbocycles. The molecule has 0 fully saturated rings. The van der Waals surface area contributed by atoms with Crippen LogP contribution in [-0.2, 0) is 22.5 Å². The number of phenols is 2. The van der Waals surface area contributed by atoms with E-state index in [9.17, 15) is 24.9 Å². The van der Waals surface area contributed by atoms with E-state index < -0.39 is 17.4 Å². The predicted molar refractivity (Wildman–Crippen MR) is 138 cm³/mol. The number of hydrogen-bond acceptors (Lipinski definition) is 9. The van der Waals surface area contributed by atoms with E-state index in [1.807, 2.05) is 0 Å². The molecular formula is C28H27N3O7. The van der Waals surface area contributed by atoms with Gasteiger partial charge in [-0.3, -0.25) is 9.59 Å². The molecule has 38 heavy (non-hydrogen) atoms. The molecule has 0 saturated heterocycles. The van der Waals surface area contributed by atoms with Gasteiger partial charge in [0.2, 0.25) is 0 Å². The van der Waals surface area contributed by atoms with Gasteiger partial charge in [0.05, 0.1) is 19.1 Å². The number of nitrogens with zero attached hydrogens (tertiary/aromatic N) is 3. The van der Waals surface area contributed by atoms with Crippen LogP contribution in [0.4, 0.5) is 0 Å². The minimum absolute atomic E-state index is 0.0441. The number of aromatic nitrogens is 3. The lowest BCUT2D eigenvalue weighted by Gasteiger charge is -2.21. The van der Waals surface area contributed by atoms with Crippen molar-refractivity contribution in [2.45, 2.75) is 32.2 Å². The summed E-state index contributed by atoms with van der Waals surface area (Å²) in [6, 6.07) is 14.5. The molecule has 196 valence electrons. The topological polar surface area (TPSA) is 144 Å². The second-order valence-electron chi connectivity index (χ2n) is 8.65. The molecular weight excluding hydrogens is 490 g/mol. The number of rotatable bonds is 9. The Balaban J connectivity index is 1.72. The van der Waals surface area contributed by atoms with Crippen LogP contribution >= 0.6 is 0 Å². The maximum atomic E-state index is 13.7. The first-order valence-corrected chi connectivity index (χ1v) is 11.8. The largest absolute Gasteiger partial charge is 0.507 e. The van der Waals surface area contributed by atoms with Crippen molar-refractivity contribution < 1.29 is 29.6 Å². The number of benzene rings is 2. The maximum absolute atomic E-state index is 13.7. The quantitative estimate of drug-likeness (QED) is 0.223. The fourth-order valence-electron chi connectivity index (χ4n) is 4.21. The third kappa shape index (κ3) is 5.92. The monoisotopic (exact) mass is 517 g/mol. The van der Waals surface area contributed by atoms with Crippen LogP contribution in [0.5, 0.6) is 29.0 Å². The molecule has 4 rings (SSSR count). The third-order valence-electron chi connectivity index (χ3n) is 6.15. The standard InChI is InChI=1S/C28H27N3O7/c1-17-13-24(34)26(27(36)31(17)12-9-18-7-8-22(32)23(33)14-18)21(16-25(35)37-2)19-5-3-6-20(15-19)38-28-29-10-4-11-30-28/h3-8,10-11,13-15,21,32-34H,9,12,16H2,1-2H3. The van der Waals surface area contributed by atoms with E-state index in [-0.39, 0.29) is 41.8 Å². The number of hydrogen-bond donors (Lipinski definition) is 3. The first kappa shape index (κ1) is 26.2. The van der Waals surface area contributed by atoms with Gasteiger partial charge in [-0.1, -0.05) is 18.2 Å². The SMILES string of the molecule is COC(=O)CC(c1cccc(Oc2ncccn2)c1)c1c(O)cc(C)n(CCc2ccc(O)c(O)c2)c1=O. The van der Waals surface area contributed by atoms with Crippen molar-refractivity contribution in [3.8, 4) is 29.0 Å². The van der Waals surface area contributed by atoms with Crippen LogP contribution in [0.1, 0.15) is 34.7 Å². The Hall–Kier alpha value is -4.86. The molecule has 0 aliphatic carbocycles. The minimum atomic E-state index is -0.834. The minimum Gasteiger partial charge on any atom is -0.507 e. The van der Waals surface area contributed by atoms with Gasteiger partial charge in [0, 0.05) is 30.6 Å². The molecule has 2 heterocycles. The summed E-state index contributed by atoms with van der Waals surface area (Å²) in [5.74, 6) is -1.72. The Morgan fingerprint density at radius 3 is 2.45 bits per heavy atom. The molecule has 2 aromatic carbocycles. The highest BCUT2D eigenvalue weighted by molar-refractivity contribution is 5.71. The molecule has 1 unspecified atom stereocenters. The number of phenolic OH excluding ortho intramolecular Hbond substituents is 2. The number of aryl methyl sites for hydroxylation is 2. The average Bonchev–Trinajstić information content (AvgIpc) is 2.90. The second-order valence-corrected chi connectivity index (χ2v) is 8.65. The molecule has 10 nitrogen and oxygen atoms in total. The zero-order valence-electron chi connectivity index (χ0n) is 20.9. The first-order chi connectivity index (χ1) is 18.3. The van der Waals surface area contributed by atoms with Gasteiger partial charge in [-0.15, -0.1) is 0 Å². The van der Waals surface area contributed by atoms with E-state index in [1.165, 1.54) is 29.9 Å². The summed E-state index contributed by atoms with van der Waals surface area (Å²) >= 11 is 0. The maximum Gasteiger partial charge on any atom is 0.321 e. The van der Waals surface area contributed by atoms with Crippen LogP contribution in [0.2, 0.25) is 0 Å². The molecule has 0 spiro atoms. The van der Waals surface area contributed by atoms with Gasteiger partial charge in [0.1, 0.15) is 11.5 Å². The van der Waals surface area contributed by atoms with Crippen LogP contribution in [0.3, 0.4) is 0 Å². The van der Waals surface area contributed by atoms with Crippen LogP contribution in [0.25, 0.3) is 0 Å². The molecule has 0 amide bonds. The lowest BCUT2D eigenvalue weighted by Crippen LogP contribution is -2.29. The van der Waals surface area contributed by atoms with Crippen molar-refractivity contribution in [3.05, 3.63) is 99.7 Å². The Bertz CT molecular complexity index is 1500. The van der Waals surface area contributed by atoms with Crippen LogP contribution in [0, 0.1) is 6.92 Å². The summed E-state index contributed by atoms with van der Waals surface area (Å²) in [5.41, 5.74) is 1.37. The van der Waals surface area contributed by atoms with Gasteiger partial charge in [0.15, 0.2) is 11.5 Å². The molecule has 10 heteroatoms. The zero-order chi connectivity index (χ0) is 27.2. The van der Waals surface area contributed by atoms with Crippen molar-refractivity contribution >= 4 is 5.97 Å². The van der Waals surface area contributed by atoms with Gasteiger partial charge in [-0.25, -0.2) is 9.97 Å². The van der Waals surface area contributed by atoms with Gasteiger partial charge >= 0.3 is 12.0 Å². The van der Waals surface area contributed by atoms with Gasteiger partial charge in [0.25, 0.3) is 5.56 Å². The number of pyridine rings is 1. The van der Waals surface area contributed by atoms with E-state index >= 15 is 0 Å². The zero-order valence-corrected chi connectivity index (χ0v) is 20.9. The molecule has 4 aromatic rings. The van der Waals surface area contributed by atoms with Crippen LogP contribution in [0.15, 0.2) is 71.8 Å². The number of ether oxygens (including phenoxy) is 2. The Kier molecular flexibility index (Phi) is 7.91. The van der Waals surface area contributed by atoms with Crippen molar-refractivity contribution in [2.24, 2.45) is 0 Å². The highest BCUT2D eigenvalue weighted by Crippen LogP contribution is 2.34. The van der Waals surface area contributed by atoms with E-state index in [0.717, 1.165) is 0 Å². The van der Waals surface area contributed by atoms with E-state index in [4.69, 9.17) is 9.47 Å². The molecule has 1 atom stereocenters. The summed E-state index contributed by atoms with van der Waals surface area (Å²) in [6.45, 7) is 1.93. The first-order valence-electron chi connectivity index (χ1n) is 11.8. The van der Waals surface area contributed by atoms with Gasteiger partial charge in [-0.05, 0) is 60.9 Å². The smallest absolute Gasteiger partial charge is 0.321 e. The lowest BCUT2D eigenvalue weighted by atomic mass is 9.88. The van der Waals surface area contributed by atoms with E-state index in [2.05, 4.69) is 9.97 Å². The van der Waals surface area contributed by atoms with Crippen molar-refractivity contribution in [3.63, 3.8) is 0 Å².